The first kappa shape index (κ1) is 11.9. The minimum Gasteiger partial charge on any atom is -0.368 e. The highest BCUT2D eigenvalue weighted by Gasteiger charge is 2.09. The SMILES string of the molecule is CN(C)OC(=O)CCC(=O)N(C)C. The normalized spacial score (nSPS) is 9.92. The van der Waals surface area contributed by atoms with Crippen LogP contribution in [0.5, 0.6) is 0 Å². The minimum atomic E-state index is -0.389. The predicted molar refractivity (Wildman–Crippen MR) is 47.7 cm³/mol. The molecule has 5 nitrogen and oxygen atoms in total. The number of hydrogen-bond acceptors (Lipinski definition) is 4. The van der Waals surface area contributed by atoms with Crippen molar-refractivity contribution >= 4 is 11.9 Å². The van der Waals surface area contributed by atoms with Crippen molar-refractivity contribution in [3.05, 3.63) is 0 Å². The fourth-order valence-corrected chi connectivity index (χ4v) is 0.682. The van der Waals surface area contributed by atoms with Crippen molar-refractivity contribution in [3.63, 3.8) is 0 Å². The second-order valence-corrected chi connectivity index (χ2v) is 3.06. The number of hydrogen-bond donors (Lipinski definition) is 0. The summed E-state index contributed by atoms with van der Waals surface area (Å²) in [5.41, 5.74) is 0. The first-order valence-electron chi connectivity index (χ1n) is 4.01. The van der Waals surface area contributed by atoms with Crippen LogP contribution in [0.4, 0.5) is 0 Å². The number of amides is 1. The average molecular weight is 188 g/mol. The molecule has 0 aliphatic rings. The molecule has 0 heterocycles. The van der Waals surface area contributed by atoms with E-state index in [1.54, 1.807) is 28.2 Å². The van der Waals surface area contributed by atoms with Crippen LogP contribution < -0.4 is 0 Å². The lowest BCUT2D eigenvalue weighted by Crippen LogP contribution is -2.24. The van der Waals surface area contributed by atoms with Gasteiger partial charge >= 0.3 is 5.97 Å². The van der Waals surface area contributed by atoms with Crippen molar-refractivity contribution in [2.75, 3.05) is 28.2 Å². The van der Waals surface area contributed by atoms with Gasteiger partial charge in [-0.2, -0.15) is 0 Å². The third-order valence-electron chi connectivity index (χ3n) is 1.33. The van der Waals surface area contributed by atoms with Gasteiger partial charge in [-0.25, -0.2) is 0 Å². The monoisotopic (exact) mass is 188 g/mol. The van der Waals surface area contributed by atoms with Crippen molar-refractivity contribution in [2.45, 2.75) is 12.8 Å². The zero-order chi connectivity index (χ0) is 10.4. The molecule has 0 spiro atoms. The summed E-state index contributed by atoms with van der Waals surface area (Å²) in [6, 6.07) is 0. The fraction of sp³-hybridized carbons (Fsp3) is 0.750. The van der Waals surface area contributed by atoms with Crippen molar-refractivity contribution in [1.82, 2.24) is 9.96 Å². The Labute approximate surface area is 78.2 Å². The lowest BCUT2D eigenvalue weighted by Gasteiger charge is -2.11. The number of rotatable bonds is 4. The van der Waals surface area contributed by atoms with Crippen LogP contribution in [-0.4, -0.2) is 50.0 Å². The van der Waals surface area contributed by atoms with Gasteiger partial charge in [-0.1, -0.05) is 0 Å². The van der Waals surface area contributed by atoms with Gasteiger partial charge in [-0.15, -0.1) is 5.06 Å². The molecular weight excluding hydrogens is 172 g/mol. The summed E-state index contributed by atoms with van der Waals surface area (Å²) in [6.07, 6.45) is 0.314. The number of nitrogens with zero attached hydrogens (tertiary/aromatic N) is 2. The Morgan fingerprint density at radius 2 is 1.62 bits per heavy atom. The summed E-state index contributed by atoms with van der Waals surface area (Å²) in [5, 5.41) is 1.31. The first-order valence-corrected chi connectivity index (χ1v) is 4.01. The van der Waals surface area contributed by atoms with Crippen molar-refractivity contribution in [2.24, 2.45) is 0 Å². The summed E-state index contributed by atoms with van der Waals surface area (Å²) in [5.74, 6) is -0.462. The molecule has 0 aromatic carbocycles. The molecule has 76 valence electrons. The van der Waals surface area contributed by atoms with Gasteiger partial charge in [0, 0.05) is 34.6 Å². The van der Waals surface area contributed by atoms with Crippen LogP contribution >= 0.6 is 0 Å². The highest BCUT2D eigenvalue weighted by Crippen LogP contribution is 1.96. The van der Waals surface area contributed by atoms with E-state index >= 15 is 0 Å². The van der Waals surface area contributed by atoms with Gasteiger partial charge in [0.15, 0.2) is 0 Å². The second kappa shape index (κ2) is 5.53. The molecular formula is C8H16N2O3. The third kappa shape index (κ3) is 6.10. The topological polar surface area (TPSA) is 49.9 Å². The maximum Gasteiger partial charge on any atom is 0.325 e. The van der Waals surface area contributed by atoms with E-state index in [2.05, 4.69) is 0 Å². The minimum absolute atomic E-state index is 0.0734. The molecule has 0 N–H and O–H groups in total. The Bertz CT molecular complexity index is 190. The molecule has 0 radical (unpaired) electrons. The van der Waals surface area contributed by atoms with E-state index in [4.69, 9.17) is 4.84 Å². The highest BCUT2D eigenvalue weighted by atomic mass is 16.7. The van der Waals surface area contributed by atoms with E-state index < -0.39 is 0 Å². The molecule has 0 saturated heterocycles. The van der Waals surface area contributed by atoms with Crippen LogP contribution in [0.2, 0.25) is 0 Å². The summed E-state index contributed by atoms with van der Waals surface area (Å²) >= 11 is 0. The molecule has 0 fully saturated rings. The van der Waals surface area contributed by atoms with Crippen molar-refractivity contribution < 1.29 is 14.4 Å². The van der Waals surface area contributed by atoms with E-state index in [9.17, 15) is 9.59 Å². The van der Waals surface area contributed by atoms with E-state index in [1.807, 2.05) is 0 Å². The third-order valence-corrected chi connectivity index (χ3v) is 1.33. The Kier molecular flexibility index (Phi) is 5.06. The van der Waals surface area contributed by atoms with Gasteiger partial charge in [-0.05, 0) is 0 Å². The van der Waals surface area contributed by atoms with Crippen LogP contribution in [-0.2, 0) is 14.4 Å². The molecule has 0 saturated carbocycles. The van der Waals surface area contributed by atoms with Crippen LogP contribution in [0.25, 0.3) is 0 Å². The molecule has 0 atom stereocenters. The zero-order valence-electron chi connectivity index (χ0n) is 8.53. The molecule has 0 rings (SSSR count). The molecule has 0 unspecified atom stereocenters. The van der Waals surface area contributed by atoms with Crippen LogP contribution in [0, 0.1) is 0 Å². The number of carbonyl (C=O) groups is 2. The van der Waals surface area contributed by atoms with Gasteiger partial charge in [0.1, 0.15) is 0 Å². The summed E-state index contributed by atoms with van der Waals surface area (Å²) in [4.78, 5) is 28.1. The highest BCUT2D eigenvalue weighted by molar-refractivity contribution is 5.80. The number of hydroxylamine groups is 2. The van der Waals surface area contributed by atoms with Crippen molar-refractivity contribution in [1.29, 1.82) is 0 Å². The summed E-state index contributed by atoms with van der Waals surface area (Å²) < 4.78 is 0. The van der Waals surface area contributed by atoms with Crippen molar-refractivity contribution in [3.8, 4) is 0 Å². The molecule has 0 aromatic rings. The van der Waals surface area contributed by atoms with Gasteiger partial charge in [-0.3, -0.25) is 9.59 Å². The summed E-state index contributed by atoms with van der Waals surface area (Å²) in [6.45, 7) is 0. The zero-order valence-corrected chi connectivity index (χ0v) is 8.53. The molecule has 0 aliphatic carbocycles. The van der Waals surface area contributed by atoms with Gasteiger partial charge in [0.05, 0.1) is 6.42 Å². The Morgan fingerprint density at radius 3 is 2.00 bits per heavy atom. The summed E-state index contributed by atoms with van der Waals surface area (Å²) in [7, 11) is 6.54. The number of carbonyl (C=O) groups excluding carboxylic acids is 2. The Morgan fingerprint density at radius 1 is 1.08 bits per heavy atom. The standard InChI is InChI=1S/C8H16N2O3/c1-9(2)7(11)5-6-8(12)13-10(3)4/h5-6H2,1-4H3. The fourth-order valence-electron chi connectivity index (χ4n) is 0.682. The molecule has 0 aromatic heterocycles. The van der Waals surface area contributed by atoms with Gasteiger partial charge in [0.25, 0.3) is 0 Å². The molecule has 0 aliphatic heterocycles. The van der Waals surface area contributed by atoms with Crippen LogP contribution in [0.15, 0.2) is 0 Å². The molecule has 13 heavy (non-hydrogen) atoms. The van der Waals surface area contributed by atoms with E-state index in [0.29, 0.717) is 0 Å². The average Bonchev–Trinajstić information content (AvgIpc) is 1.98. The van der Waals surface area contributed by atoms with Gasteiger partial charge < -0.3 is 9.74 Å². The first-order chi connectivity index (χ1) is 5.93. The lowest BCUT2D eigenvalue weighted by atomic mass is 10.3. The van der Waals surface area contributed by atoms with Crippen LogP contribution in [0.1, 0.15) is 12.8 Å². The Hall–Kier alpha value is -1.10. The largest absolute Gasteiger partial charge is 0.368 e. The maximum atomic E-state index is 11.0. The molecule has 0 bridgehead atoms. The van der Waals surface area contributed by atoms with E-state index in [1.165, 1.54) is 9.96 Å². The lowest BCUT2D eigenvalue weighted by molar-refractivity contribution is -0.178. The predicted octanol–water partition coefficient (Wildman–Crippen LogP) is -0.125. The molecule has 5 heteroatoms. The van der Waals surface area contributed by atoms with Crippen LogP contribution in [0.3, 0.4) is 0 Å². The second-order valence-electron chi connectivity index (χ2n) is 3.06. The Balaban J connectivity index is 3.64. The quantitative estimate of drug-likeness (QED) is 0.577. The molecule has 1 amide bonds. The maximum absolute atomic E-state index is 11.0. The van der Waals surface area contributed by atoms with Gasteiger partial charge in [0.2, 0.25) is 5.91 Å². The van der Waals surface area contributed by atoms with E-state index in [-0.39, 0.29) is 24.7 Å². The smallest absolute Gasteiger partial charge is 0.325 e. The van der Waals surface area contributed by atoms with E-state index in [0.717, 1.165) is 0 Å².